The van der Waals surface area contributed by atoms with Gasteiger partial charge in [0.25, 0.3) is 5.91 Å². The van der Waals surface area contributed by atoms with Crippen molar-refractivity contribution in [2.45, 2.75) is 19.8 Å². The molecule has 5 heteroatoms. The topological polar surface area (TPSA) is 50.4 Å². The zero-order chi connectivity index (χ0) is 19.3. The Morgan fingerprint density at radius 2 is 1.81 bits per heavy atom. The molecule has 2 aromatic carbocycles. The molecule has 1 saturated heterocycles. The number of carbonyl (C=O) groups excluding carboxylic acids is 1. The lowest BCUT2D eigenvalue weighted by Crippen LogP contribution is -2.47. The van der Waals surface area contributed by atoms with Crippen molar-refractivity contribution in [1.82, 2.24) is 10.6 Å². The van der Waals surface area contributed by atoms with Crippen LogP contribution in [0.2, 0.25) is 0 Å². The van der Waals surface area contributed by atoms with Gasteiger partial charge in [-0.3, -0.25) is 4.79 Å². The Labute approximate surface area is 160 Å². The number of benzene rings is 2. The largest absolute Gasteiger partial charge is 0.384 e. The van der Waals surface area contributed by atoms with Gasteiger partial charge in [0.1, 0.15) is 5.82 Å². The fourth-order valence-corrected chi connectivity index (χ4v) is 3.62. The van der Waals surface area contributed by atoms with Crippen molar-refractivity contribution < 1.29 is 13.9 Å². The molecule has 144 valence electrons. The fourth-order valence-electron chi connectivity index (χ4n) is 3.62. The van der Waals surface area contributed by atoms with E-state index >= 15 is 0 Å². The number of aryl methyl sites for hydroxylation is 1. The van der Waals surface area contributed by atoms with E-state index in [1.54, 1.807) is 19.2 Å². The number of hydrogen-bond donors (Lipinski definition) is 2. The van der Waals surface area contributed by atoms with E-state index in [1.165, 1.54) is 6.07 Å². The van der Waals surface area contributed by atoms with Gasteiger partial charge in [-0.2, -0.15) is 0 Å². The summed E-state index contributed by atoms with van der Waals surface area (Å²) in [6.45, 7) is 4.89. The van der Waals surface area contributed by atoms with Crippen LogP contribution in [0.15, 0.2) is 42.5 Å². The van der Waals surface area contributed by atoms with E-state index in [1.807, 2.05) is 31.2 Å². The van der Waals surface area contributed by atoms with Gasteiger partial charge < -0.3 is 15.4 Å². The smallest absolute Gasteiger partial charge is 0.254 e. The summed E-state index contributed by atoms with van der Waals surface area (Å²) in [4.78, 5) is 12.5. The molecule has 0 aromatic heterocycles. The number of rotatable bonds is 6. The molecule has 3 rings (SSSR count). The predicted molar refractivity (Wildman–Crippen MR) is 105 cm³/mol. The van der Waals surface area contributed by atoms with Crippen LogP contribution in [0.3, 0.4) is 0 Å². The van der Waals surface area contributed by atoms with Crippen molar-refractivity contribution in [3.8, 4) is 11.1 Å². The molecule has 27 heavy (non-hydrogen) atoms. The lowest BCUT2D eigenvalue weighted by Gasteiger charge is -2.37. The standard InChI is InChI=1S/C22H27FN2O2/c1-16-3-5-17(6-4-16)18-7-8-19(20(23)13-18)21(26)25-14-22(15-27-2)9-11-24-12-10-22/h3-8,13,24H,9-12,14-15H2,1-2H3,(H,25,26). The summed E-state index contributed by atoms with van der Waals surface area (Å²) in [6, 6.07) is 12.7. The van der Waals surface area contributed by atoms with Crippen molar-refractivity contribution in [3.63, 3.8) is 0 Å². The van der Waals surface area contributed by atoms with Crippen LogP contribution in [0.5, 0.6) is 0 Å². The number of methoxy groups -OCH3 is 1. The molecule has 4 nitrogen and oxygen atoms in total. The average molecular weight is 370 g/mol. The highest BCUT2D eigenvalue weighted by Gasteiger charge is 2.32. The van der Waals surface area contributed by atoms with Gasteiger partial charge in [-0.05, 0) is 56.1 Å². The molecular formula is C22H27FN2O2. The Morgan fingerprint density at radius 1 is 1.15 bits per heavy atom. The monoisotopic (exact) mass is 370 g/mol. The molecule has 0 radical (unpaired) electrons. The Balaban J connectivity index is 1.70. The maximum absolute atomic E-state index is 14.6. The molecule has 0 atom stereocenters. The van der Waals surface area contributed by atoms with Crippen LogP contribution in [0, 0.1) is 18.2 Å². The molecule has 0 saturated carbocycles. The van der Waals surface area contributed by atoms with E-state index < -0.39 is 5.82 Å². The lowest BCUT2D eigenvalue weighted by atomic mass is 9.79. The predicted octanol–water partition coefficient (Wildman–Crippen LogP) is 3.55. The van der Waals surface area contributed by atoms with Gasteiger partial charge in [0, 0.05) is 19.1 Å². The number of amides is 1. The summed E-state index contributed by atoms with van der Waals surface area (Å²) in [5.41, 5.74) is 2.83. The van der Waals surface area contributed by atoms with Crippen LogP contribution in [-0.2, 0) is 4.74 Å². The van der Waals surface area contributed by atoms with Gasteiger partial charge in [-0.15, -0.1) is 0 Å². The second-order valence-electron chi connectivity index (χ2n) is 7.43. The highest BCUT2D eigenvalue weighted by Crippen LogP contribution is 2.28. The SMILES string of the molecule is COCC1(CNC(=O)c2ccc(-c3ccc(C)cc3)cc2F)CCNCC1. The van der Waals surface area contributed by atoms with E-state index in [-0.39, 0.29) is 16.9 Å². The Morgan fingerprint density at radius 3 is 2.44 bits per heavy atom. The van der Waals surface area contributed by atoms with Crippen molar-refractivity contribution >= 4 is 5.91 Å². The zero-order valence-electron chi connectivity index (χ0n) is 16.0. The normalized spacial score (nSPS) is 16.1. The lowest BCUT2D eigenvalue weighted by molar-refractivity contribution is 0.0511. The van der Waals surface area contributed by atoms with Crippen molar-refractivity contribution in [1.29, 1.82) is 0 Å². The Bertz CT molecular complexity index is 778. The molecule has 2 aromatic rings. The minimum Gasteiger partial charge on any atom is -0.384 e. The number of hydrogen-bond acceptors (Lipinski definition) is 3. The first-order chi connectivity index (χ1) is 13.0. The third-order valence-electron chi connectivity index (χ3n) is 5.34. The first-order valence-corrected chi connectivity index (χ1v) is 9.37. The molecule has 0 spiro atoms. The van der Waals surface area contributed by atoms with E-state index in [4.69, 9.17) is 4.74 Å². The number of piperidine rings is 1. The third kappa shape index (κ3) is 4.73. The van der Waals surface area contributed by atoms with Gasteiger partial charge in [0.2, 0.25) is 0 Å². The Kier molecular flexibility index (Phi) is 6.24. The second kappa shape index (κ2) is 8.63. The molecule has 0 bridgehead atoms. The third-order valence-corrected chi connectivity index (χ3v) is 5.34. The first kappa shape index (κ1) is 19.5. The summed E-state index contributed by atoms with van der Waals surface area (Å²) in [6.07, 6.45) is 1.85. The van der Waals surface area contributed by atoms with Crippen LogP contribution in [0.4, 0.5) is 4.39 Å². The van der Waals surface area contributed by atoms with Crippen molar-refractivity contribution in [2.24, 2.45) is 5.41 Å². The number of ether oxygens (including phenoxy) is 1. The van der Waals surface area contributed by atoms with Crippen LogP contribution < -0.4 is 10.6 Å². The minimum absolute atomic E-state index is 0.0763. The molecular weight excluding hydrogens is 343 g/mol. The molecule has 1 aliphatic heterocycles. The maximum atomic E-state index is 14.6. The second-order valence-corrected chi connectivity index (χ2v) is 7.43. The summed E-state index contributed by atoms with van der Waals surface area (Å²) in [7, 11) is 1.68. The Hall–Kier alpha value is -2.24. The average Bonchev–Trinajstić information content (AvgIpc) is 2.68. The van der Waals surface area contributed by atoms with E-state index in [9.17, 15) is 9.18 Å². The summed E-state index contributed by atoms with van der Waals surface area (Å²) in [5, 5.41) is 6.24. The fraction of sp³-hybridized carbons (Fsp3) is 0.409. The summed E-state index contributed by atoms with van der Waals surface area (Å²) >= 11 is 0. The molecule has 1 heterocycles. The van der Waals surface area contributed by atoms with Gasteiger partial charge >= 0.3 is 0 Å². The van der Waals surface area contributed by atoms with E-state index in [2.05, 4.69) is 10.6 Å². The summed E-state index contributed by atoms with van der Waals surface area (Å²) < 4.78 is 19.9. The summed E-state index contributed by atoms with van der Waals surface area (Å²) in [5.74, 6) is -0.881. The number of halogens is 1. The molecule has 1 aliphatic rings. The van der Waals surface area contributed by atoms with Crippen LogP contribution in [0.1, 0.15) is 28.8 Å². The molecule has 0 unspecified atom stereocenters. The van der Waals surface area contributed by atoms with Crippen LogP contribution in [0.25, 0.3) is 11.1 Å². The van der Waals surface area contributed by atoms with E-state index in [0.29, 0.717) is 13.2 Å². The van der Waals surface area contributed by atoms with Gasteiger partial charge in [-0.1, -0.05) is 35.9 Å². The highest BCUT2D eigenvalue weighted by molar-refractivity contribution is 5.95. The van der Waals surface area contributed by atoms with E-state index in [0.717, 1.165) is 42.6 Å². The van der Waals surface area contributed by atoms with Gasteiger partial charge in [-0.25, -0.2) is 4.39 Å². The van der Waals surface area contributed by atoms with Crippen molar-refractivity contribution in [2.75, 3.05) is 33.4 Å². The first-order valence-electron chi connectivity index (χ1n) is 9.37. The molecule has 2 N–H and O–H groups in total. The zero-order valence-corrected chi connectivity index (χ0v) is 16.0. The van der Waals surface area contributed by atoms with Gasteiger partial charge in [0.15, 0.2) is 0 Å². The van der Waals surface area contributed by atoms with Crippen LogP contribution >= 0.6 is 0 Å². The quantitative estimate of drug-likeness (QED) is 0.818. The molecule has 0 aliphatic carbocycles. The highest BCUT2D eigenvalue weighted by atomic mass is 19.1. The minimum atomic E-state index is -0.503. The maximum Gasteiger partial charge on any atom is 0.254 e. The number of carbonyl (C=O) groups is 1. The van der Waals surface area contributed by atoms with Crippen molar-refractivity contribution in [3.05, 3.63) is 59.4 Å². The molecule has 1 amide bonds. The number of nitrogens with one attached hydrogen (secondary N) is 2. The van der Waals surface area contributed by atoms with Gasteiger partial charge in [0.05, 0.1) is 12.2 Å². The van der Waals surface area contributed by atoms with Crippen LogP contribution in [-0.4, -0.2) is 39.3 Å². The molecule has 1 fully saturated rings.